The van der Waals surface area contributed by atoms with Gasteiger partial charge in [0.15, 0.2) is 0 Å². The summed E-state index contributed by atoms with van der Waals surface area (Å²) in [4.78, 5) is 24.8. The molecule has 0 aliphatic carbocycles. The number of methoxy groups -OCH3 is 1. The zero-order valence-electron chi connectivity index (χ0n) is 20.0. The van der Waals surface area contributed by atoms with E-state index in [-0.39, 0.29) is 35.7 Å². The minimum Gasteiger partial charge on any atom is -0.465 e. The number of carbonyl (C=O) groups is 2. The van der Waals surface area contributed by atoms with Gasteiger partial charge in [-0.2, -0.15) is 17.5 Å². The van der Waals surface area contributed by atoms with Crippen LogP contribution in [0.25, 0.3) is 11.1 Å². The van der Waals surface area contributed by atoms with Crippen LogP contribution in [-0.2, 0) is 20.9 Å². The van der Waals surface area contributed by atoms with Crippen molar-refractivity contribution in [3.05, 3.63) is 68.8 Å². The van der Waals surface area contributed by atoms with Crippen LogP contribution in [0.2, 0.25) is 0 Å². The highest BCUT2D eigenvalue weighted by Gasteiger charge is 2.46. The smallest absolute Gasteiger partial charge is 0.426 e. The number of ether oxygens (including phenoxy) is 1. The summed E-state index contributed by atoms with van der Waals surface area (Å²) in [6, 6.07) is 12.0. The van der Waals surface area contributed by atoms with Crippen molar-refractivity contribution in [2.75, 3.05) is 24.5 Å². The third-order valence-corrected chi connectivity index (χ3v) is 9.51. The van der Waals surface area contributed by atoms with Gasteiger partial charge in [-0.15, -0.1) is 11.3 Å². The number of sulfonamides is 1. The van der Waals surface area contributed by atoms with Crippen LogP contribution in [0.15, 0.2) is 64.0 Å². The van der Waals surface area contributed by atoms with Crippen molar-refractivity contribution in [1.29, 1.82) is 0 Å². The van der Waals surface area contributed by atoms with Crippen LogP contribution in [0.1, 0.15) is 33.8 Å². The number of halogens is 4. The normalized spacial score (nSPS) is 14.3. The molecule has 2 amide bonds. The summed E-state index contributed by atoms with van der Waals surface area (Å²) in [5, 5.41) is 0. The van der Waals surface area contributed by atoms with Crippen LogP contribution < -0.4 is 4.31 Å². The second-order valence-corrected chi connectivity index (χ2v) is 12.1. The lowest BCUT2D eigenvalue weighted by Gasteiger charge is -2.32. The number of amides is 2. The van der Waals surface area contributed by atoms with E-state index in [4.69, 9.17) is 0 Å². The summed E-state index contributed by atoms with van der Waals surface area (Å²) >= 11 is 3.23. The standard InChI is InChI=1S/C25H22BrF3N2O5S2/c1-36-23(32)20-21(19(16-9-4-2-5-10-16)22(37-20)25(27,28)29)38(34,35)31(18-12-8-11-17(26)15-18)24(33)30-13-6-3-7-14-30/h2,4-5,8-12,15H,3,6-7,13-14H2,1H3. The SMILES string of the molecule is COC(=O)c1sc(C(F)(F)F)c(-c2ccccc2)c1S(=O)(=O)N(C(=O)N1CCCCC1)c1cccc(Br)c1. The molecular weight excluding hydrogens is 609 g/mol. The van der Waals surface area contributed by atoms with E-state index in [1.807, 2.05) is 0 Å². The molecule has 0 saturated carbocycles. The Bertz CT molecular complexity index is 1450. The fourth-order valence-electron chi connectivity index (χ4n) is 4.22. The number of hydrogen-bond acceptors (Lipinski definition) is 6. The highest BCUT2D eigenvalue weighted by atomic mass is 79.9. The average Bonchev–Trinajstić information content (AvgIpc) is 3.32. The molecule has 1 saturated heterocycles. The van der Waals surface area contributed by atoms with Gasteiger partial charge in [-0.05, 0) is 43.0 Å². The summed E-state index contributed by atoms with van der Waals surface area (Å²) in [6.45, 7) is 0.567. The van der Waals surface area contributed by atoms with Crippen LogP contribution in [0.3, 0.4) is 0 Å². The Labute approximate surface area is 230 Å². The van der Waals surface area contributed by atoms with Crippen LogP contribution in [-0.4, -0.2) is 45.5 Å². The molecule has 1 fully saturated rings. The molecule has 3 aromatic rings. The second-order valence-electron chi connectivity index (χ2n) is 8.40. The van der Waals surface area contributed by atoms with Crippen molar-refractivity contribution in [3.63, 3.8) is 0 Å². The van der Waals surface area contributed by atoms with E-state index in [1.54, 1.807) is 12.1 Å². The third-order valence-electron chi connectivity index (χ3n) is 5.90. The number of carbonyl (C=O) groups excluding carboxylic acids is 2. The molecule has 13 heteroatoms. The zero-order valence-corrected chi connectivity index (χ0v) is 23.2. The maximum atomic E-state index is 14.4. The molecule has 2 aromatic carbocycles. The molecule has 1 aliphatic rings. The van der Waals surface area contributed by atoms with Gasteiger partial charge in [0.25, 0.3) is 10.0 Å². The fourth-order valence-corrected chi connectivity index (χ4v) is 7.80. The van der Waals surface area contributed by atoms with Crippen molar-refractivity contribution in [2.24, 2.45) is 0 Å². The van der Waals surface area contributed by atoms with Crippen molar-refractivity contribution in [2.45, 2.75) is 30.3 Å². The minimum absolute atomic E-state index is 0.0290. The Morgan fingerprint density at radius 1 is 1.03 bits per heavy atom. The van der Waals surface area contributed by atoms with E-state index < -0.39 is 48.4 Å². The summed E-state index contributed by atoms with van der Waals surface area (Å²) in [5.74, 6) is -1.26. The molecule has 38 heavy (non-hydrogen) atoms. The summed E-state index contributed by atoms with van der Waals surface area (Å²) in [7, 11) is -4.15. The number of alkyl halides is 3. The number of likely N-dealkylation sites (tertiary alicyclic amines) is 1. The third kappa shape index (κ3) is 5.45. The molecule has 0 spiro atoms. The fraction of sp³-hybridized carbons (Fsp3) is 0.280. The second kappa shape index (κ2) is 11.1. The Balaban J connectivity index is 2.06. The number of rotatable bonds is 5. The number of urea groups is 1. The van der Waals surface area contributed by atoms with Gasteiger partial charge in [-0.1, -0.05) is 52.3 Å². The lowest BCUT2D eigenvalue weighted by Crippen LogP contribution is -2.48. The molecule has 7 nitrogen and oxygen atoms in total. The maximum Gasteiger partial charge on any atom is 0.426 e. The van der Waals surface area contributed by atoms with Gasteiger partial charge in [0.1, 0.15) is 14.6 Å². The van der Waals surface area contributed by atoms with Gasteiger partial charge in [0.2, 0.25) is 0 Å². The number of nitrogens with zero attached hydrogens (tertiary/aromatic N) is 2. The molecule has 1 aliphatic heterocycles. The van der Waals surface area contributed by atoms with E-state index in [2.05, 4.69) is 20.7 Å². The van der Waals surface area contributed by atoms with Crippen molar-refractivity contribution in [1.82, 2.24) is 4.90 Å². The molecule has 0 N–H and O–H groups in total. The minimum atomic E-state index is -5.09. The highest BCUT2D eigenvalue weighted by Crippen LogP contribution is 2.49. The Morgan fingerprint density at radius 3 is 2.26 bits per heavy atom. The summed E-state index contributed by atoms with van der Waals surface area (Å²) < 4.78 is 77.2. The number of esters is 1. The number of thiophene rings is 1. The molecule has 1 aromatic heterocycles. The van der Waals surface area contributed by atoms with E-state index >= 15 is 0 Å². The summed E-state index contributed by atoms with van der Waals surface area (Å²) in [5.41, 5.74) is -0.885. The van der Waals surface area contributed by atoms with Gasteiger partial charge in [0, 0.05) is 23.1 Å². The first-order valence-electron chi connectivity index (χ1n) is 11.4. The van der Waals surface area contributed by atoms with E-state index in [9.17, 15) is 31.2 Å². The van der Waals surface area contributed by atoms with Gasteiger partial charge in [-0.3, -0.25) is 0 Å². The molecule has 0 unspecified atom stereocenters. The predicted molar refractivity (Wildman–Crippen MR) is 141 cm³/mol. The van der Waals surface area contributed by atoms with E-state index in [1.165, 1.54) is 47.4 Å². The maximum absolute atomic E-state index is 14.4. The van der Waals surface area contributed by atoms with Crippen LogP contribution in [0.4, 0.5) is 23.7 Å². The first-order chi connectivity index (χ1) is 18.0. The number of piperidine rings is 1. The first-order valence-corrected chi connectivity index (χ1v) is 14.5. The molecular formula is C25H22BrF3N2O5S2. The number of hydrogen-bond donors (Lipinski definition) is 0. The Hall–Kier alpha value is -2.90. The van der Waals surface area contributed by atoms with Crippen molar-refractivity contribution < 1.29 is 35.9 Å². The molecule has 202 valence electrons. The lowest BCUT2D eigenvalue weighted by atomic mass is 10.1. The largest absolute Gasteiger partial charge is 0.465 e. The molecule has 0 bridgehead atoms. The zero-order chi connectivity index (χ0) is 27.7. The highest BCUT2D eigenvalue weighted by molar-refractivity contribution is 9.10. The van der Waals surface area contributed by atoms with Crippen LogP contribution in [0.5, 0.6) is 0 Å². The number of benzene rings is 2. The van der Waals surface area contributed by atoms with Gasteiger partial charge < -0.3 is 9.64 Å². The Kier molecular flexibility index (Phi) is 8.19. The van der Waals surface area contributed by atoms with Gasteiger partial charge in [0.05, 0.1) is 12.8 Å². The van der Waals surface area contributed by atoms with Crippen LogP contribution >= 0.6 is 27.3 Å². The van der Waals surface area contributed by atoms with Gasteiger partial charge in [-0.25, -0.2) is 18.0 Å². The molecule has 2 heterocycles. The lowest BCUT2D eigenvalue weighted by molar-refractivity contribution is -0.133. The topological polar surface area (TPSA) is 84.0 Å². The quantitative estimate of drug-likeness (QED) is 0.290. The molecule has 4 rings (SSSR count). The first kappa shape index (κ1) is 28.1. The molecule has 0 atom stereocenters. The van der Waals surface area contributed by atoms with Crippen molar-refractivity contribution in [3.8, 4) is 11.1 Å². The van der Waals surface area contributed by atoms with Crippen molar-refractivity contribution >= 4 is 55.0 Å². The van der Waals surface area contributed by atoms with E-state index in [0.29, 0.717) is 21.6 Å². The number of anilines is 1. The summed E-state index contributed by atoms with van der Waals surface area (Å²) in [6.07, 6.45) is -2.84. The van der Waals surface area contributed by atoms with Crippen LogP contribution in [0, 0.1) is 0 Å². The van der Waals surface area contributed by atoms with Gasteiger partial charge >= 0.3 is 18.2 Å². The average molecular weight is 631 g/mol. The monoisotopic (exact) mass is 630 g/mol. The predicted octanol–water partition coefficient (Wildman–Crippen LogP) is 6.78. The van der Waals surface area contributed by atoms with E-state index in [0.717, 1.165) is 13.5 Å². The molecule has 0 radical (unpaired) electrons. The Morgan fingerprint density at radius 2 is 1.68 bits per heavy atom.